The van der Waals surface area contributed by atoms with E-state index in [1.54, 1.807) is 66.4 Å². The van der Waals surface area contributed by atoms with Crippen molar-refractivity contribution in [1.82, 2.24) is 52.5 Å². The van der Waals surface area contributed by atoms with E-state index in [0.29, 0.717) is 69.2 Å². The van der Waals surface area contributed by atoms with Crippen LogP contribution >= 0.6 is 103 Å². The molecule has 4 fully saturated rings. The molecular weight excluding hydrogens is 1910 g/mol. The number of aromatic nitrogens is 2. The average Bonchev–Trinajstić information content (AvgIpc) is 1.65. The van der Waals surface area contributed by atoms with Crippen LogP contribution < -0.4 is 62.1 Å². The first-order valence-corrected chi connectivity index (χ1v) is 51.0. The van der Waals surface area contributed by atoms with Crippen LogP contribution in [0.2, 0.25) is 20.1 Å². The van der Waals surface area contributed by atoms with E-state index in [1.165, 1.54) is 66.5 Å². The van der Waals surface area contributed by atoms with Crippen molar-refractivity contribution < 1.29 is 62.7 Å². The van der Waals surface area contributed by atoms with Gasteiger partial charge in [0.2, 0.25) is 17.7 Å². The predicted molar refractivity (Wildman–Crippen MR) is 540 cm³/mol. The van der Waals surface area contributed by atoms with E-state index in [2.05, 4.69) is 134 Å². The quantitative estimate of drug-likeness (QED) is 0.0405. The number of likely N-dealkylation sites (N-methyl/N-ethyl adjacent to an activating group) is 2. The number of carbonyl (C=O) groups excluding carboxylic acids is 7. The molecule has 0 spiro atoms. The third-order valence-electron chi connectivity index (χ3n) is 25.4. The fourth-order valence-corrected chi connectivity index (χ4v) is 24.7. The topological polar surface area (TPSA) is 332 Å². The number of rotatable bonds is 17. The Hall–Kier alpha value is -10.5. The molecule has 7 amide bonds. The van der Waals surface area contributed by atoms with E-state index < -0.39 is 18.1 Å². The molecule has 12 aromatic rings. The highest BCUT2D eigenvalue weighted by Crippen LogP contribution is 2.48. The van der Waals surface area contributed by atoms with Crippen molar-refractivity contribution in [1.29, 1.82) is 0 Å². The molecule has 0 aliphatic carbocycles. The second-order valence-corrected chi connectivity index (χ2v) is 40.8. The summed E-state index contributed by atoms with van der Waals surface area (Å²) in [6.07, 6.45) is 4.30. The Morgan fingerprint density at radius 3 is 1.40 bits per heavy atom. The minimum Gasteiger partial charge on any atom is -0.395 e. The average molecular weight is 2010 g/mol. The number of thiophene rings is 4. The van der Waals surface area contributed by atoms with Crippen LogP contribution in [0.1, 0.15) is 148 Å². The molecular formula is C100H104Cl4N14O13S5. The summed E-state index contributed by atoms with van der Waals surface area (Å²) in [5.41, 5.74) is 12.2. The maximum Gasteiger partial charge on any atom is 0.262 e. The molecule has 710 valence electrons. The number of benzene rings is 6. The van der Waals surface area contributed by atoms with Crippen molar-refractivity contribution in [2.24, 2.45) is 0 Å². The number of nitrogens with one attached hydrogen (secondary N) is 8. The molecule has 36 heteroatoms. The van der Waals surface area contributed by atoms with Crippen molar-refractivity contribution in [2.45, 2.75) is 80.6 Å². The second-order valence-electron chi connectivity index (χ2n) is 33.8. The number of morpholine rings is 4. The summed E-state index contributed by atoms with van der Waals surface area (Å²) in [5.74, 6) is -1.89. The number of nitrogens with zero attached hydrogens (tertiary/aromatic N) is 6. The summed E-state index contributed by atoms with van der Waals surface area (Å²) in [7, 11) is 1.57. The van der Waals surface area contributed by atoms with Gasteiger partial charge in [0.05, 0.1) is 106 Å². The number of carbonyl (C=O) groups is 7. The molecule has 27 nitrogen and oxygen atoms in total. The van der Waals surface area contributed by atoms with Gasteiger partial charge in [-0.2, -0.15) is 0 Å². The molecule has 6 aromatic carbocycles. The Kier molecular flexibility index (Phi) is 32.1. The highest BCUT2D eigenvalue weighted by Gasteiger charge is 2.45. The van der Waals surface area contributed by atoms with Crippen LogP contribution in [0.4, 0.5) is 20.1 Å². The van der Waals surface area contributed by atoms with E-state index in [0.717, 1.165) is 177 Å². The van der Waals surface area contributed by atoms with Gasteiger partial charge in [0.1, 0.15) is 18.1 Å². The van der Waals surface area contributed by atoms with E-state index in [1.807, 2.05) is 92.7 Å². The molecule has 0 saturated carbocycles. The largest absolute Gasteiger partial charge is 0.395 e. The number of amides is 7. The highest BCUT2D eigenvalue weighted by molar-refractivity contribution is 7.19. The number of hydrogen-bond acceptors (Lipinski definition) is 25. The lowest BCUT2D eigenvalue weighted by atomic mass is 9.82. The number of aryl methyl sites for hydroxylation is 1. The van der Waals surface area contributed by atoms with Crippen molar-refractivity contribution in [3.63, 3.8) is 0 Å². The number of ether oxygens (including phenoxy) is 4. The summed E-state index contributed by atoms with van der Waals surface area (Å²) in [5, 5.41) is 51.7. The summed E-state index contributed by atoms with van der Waals surface area (Å²) in [6.45, 7) is 18.3. The van der Waals surface area contributed by atoms with E-state index in [9.17, 15) is 38.7 Å². The van der Waals surface area contributed by atoms with Crippen LogP contribution in [-0.2, 0) is 39.9 Å². The minimum absolute atomic E-state index is 0.0384. The van der Waals surface area contributed by atoms with E-state index in [4.69, 9.17) is 75.4 Å². The normalized spacial score (nSPS) is 21.1. The minimum atomic E-state index is -0.769. The molecule has 4 saturated heterocycles. The molecule has 21 rings (SSSR count). The first kappa shape index (κ1) is 97.2. The highest BCUT2D eigenvalue weighted by atomic mass is 35.5. The van der Waals surface area contributed by atoms with Crippen LogP contribution in [0.5, 0.6) is 0 Å². The molecule has 0 radical (unpaired) electrons. The van der Waals surface area contributed by atoms with Gasteiger partial charge in [-0.1, -0.05) is 137 Å². The van der Waals surface area contributed by atoms with Gasteiger partial charge in [-0.15, -0.1) is 56.7 Å². The second kappa shape index (κ2) is 45.0. The molecule has 9 aliphatic rings. The van der Waals surface area contributed by atoms with Crippen molar-refractivity contribution in [3.05, 3.63) is 288 Å². The van der Waals surface area contributed by atoms with Gasteiger partial charge < -0.3 is 91.3 Å². The van der Waals surface area contributed by atoms with Gasteiger partial charge in [-0.05, 0) is 171 Å². The molecule has 15 heterocycles. The lowest BCUT2D eigenvalue weighted by molar-refractivity contribution is -0.124. The maximum atomic E-state index is 12.8. The van der Waals surface area contributed by atoms with Gasteiger partial charge in [0, 0.05) is 163 Å². The zero-order valence-electron chi connectivity index (χ0n) is 74.9. The van der Waals surface area contributed by atoms with E-state index >= 15 is 0 Å². The fourth-order valence-electron chi connectivity index (χ4n) is 18.4. The van der Waals surface area contributed by atoms with Crippen LogP contribution in [0.3, 0.4) is 0 Å². The smallest absolute Gasteiger partial charge is 0.262 e. The summed E-state index contributed by atoms with van der Waals surface area (Å²) >= 11 is 32.0. The lowest BCUT2D eigenvalue weighted by Gasteiger charge is -2.31. The van der Waals surface area contributed by atoms with Gasteiger partial charge in [0.25, 0.3) is 23.6 Å². The number of aliphatic hydroxyl groups is 2. The number of aliphatic hydroxyl groups excluding tert-OH is 2. The fraction of sp³-hybridized carbons (Fsp3) is 0.350. The first-order chi connectivity index (χ1) is 66.2. The Balaban J connectivity index is 0.000000118. The molecule has 136 heavy (non-hydrogen) atoms. The number of hydrogen-bond donors (Lipinski definition) is 10. The monoisotopic (exact) mass is 2010 g/mol. The molecule has 6 aromatic heterocycles. The SMILES string of the molecule is CCNC(=O)[C@@H]1NC(=O)c2sc(N3CCOCC3)cc2[C@H]1c1ccc(Cl)cc1.CNC(=O)[C@@H]1NC(=O)c2sc(-c3ccncc3)cc2[C@H]1c1ccc(Cl)cc1.Cc1cc(C2CNC(=O)c3sc(N4CCOCC4)cc32)ccc1Cl.O=C1N[C@@H](C(=O)NCCO)[C@H](c2ccc(Cl)cc2)c2cc(N3CCOCC3)sc21.OC[C@H]1CC(c2ccc3ccccc3c2)c2nc(N3CCOCC3)sc2CN1. The number of pyridine rings is 1. The zero-order valence-corrected chi connectivity index (χ0v) is 82.0. The van der Waals surface area contributed by atoms with Crippen LogP contribution in [0, 0.1) is 6.92 Å². The van der Waals surface area contributed by atoms with Crippen molar-refractivity contribution in [2.75, 3.05) is 165 Å². The zero-order chi connectivity index (χ0) is 94.6. The van der Waals surface area contributed by atoms with Crippen LogP contribution in [0.15, 0.2) is 182 Å². The molecule has 10 N–H and O–H groups in total. The summed E-state index contributed by atoms with van der Waals surface area (Å²) in [6, 6.07) is 53.6. The number of fused-ring (bicyclic) bond motifs is 6. The van der Waals surface area contributed by atoms with Gasteiger partial charge in [0.15, 0.2) is 5.13 Å². The lowest BCUT2D eigenvalue weighted by Crippen LogP contribution is -2.53. The Morgan fingerprint density at radius 1 is 0.478 bits per heavy atom. The molecule has 9 atom stereocenters. The van der Waals surface area contributed by atoms with Crippen molar-refractivity contribution >= 4 is 175 Å². The predicted octanol–water partition coefficient (Wildman–Crippen LogP) is 14.2. The Labute approximate surface area is 827 Å². The van der Waals surface area contributed by atoms with Gasteiger partial charge in [-0.25, -0.2) is 4.98 Å². The first-order valence-electron chi connectivity index (χ1n) is 45.4. The Morgan fingerprint density at radius 2 is 0.919 bits per heavy atom. The summed E-state index contributed by atoms with van der Waals surface area (Å²) < 4.78 is 21.8. The molecule has 0 bridgehead atoms. The van der Waals surface area contributed by atoms with Crippen LogP contribution in [-0.4, -0.2) is 231 Å². The Bertz CT molecular complexity index is 6260. The van der Waals surface area contributed by atoms with Crippen LogP contribution in [0.25, 0.3) is 21.2 Å². The summed E-state index contributed by atoms with van der Waals surface area (Å²) in [4.78, 5) is 112. The van der Waals surface area contributed by atoms with Gasteiger partial charge >= 0.3 is 0 Å². The van der Waals surface area contributed by atoms with Crippen molar-refractivity contribution in [3.8, 4) is 10.4 Å². The number of anilines is 4. The molecule has 9 aliphatic heterocycles. The van der Waals surface area contributed by atoms with E-state index in [-0.39, 0.29) is 96.7 Å². The number of halogens is 4. The third kappa shape index (κ3) is 22.1. The standard InChI is InChI=1S/C22H25N3O2S.C20H22ClN3O4S.C20H22ClN3O3S.C20H16ClN3O2S.C18H19ClN2O2S/c26-14-18-12-19(17-6-5-15-3-1-2-4-16(15)11-17)21-20(13-23-18)28-22(24-21)25-7-9-27-10-8-25;21-13-3-1-12(2-4-13)16-14-11-15(24-6-9-28-10-7-24)29-18(14)20(27)23-17(16)19(26)22-5-8-25;1-2-22-19(25)17-16(12-3-5-13(21)6-4-12)14-11-15(24-7-9-27-10-8-24)28-18(14)20(26)23-17;1-22-19(25)17-16(12-2-4-13(21)5-3-12)14-10-15(11-6-8-23-9-7-11)27-18(14)20(26)24-17;1-11-8-12(2-3-15(11)19)14-10-20-18(22)17-13(14)9-16(24-17)21-4-6-23-7-5-21/h1-6,11,18-19,23,26H,7-10,12-14H2;1-4,11,16-17,25H,5-10H2,(H,22,26)(H,23,27);3-6,11,16-17H,2,7-10H2,1H3,(H,22,25)(H,23,26);2-10,16-17H,1H3,(H,22,25)(H,24,26);2-3,8-9,14H,4-7,10H2,1H3,(H,20,22)/t18-,19?;3*16-,17-;/m1111./s1. The maximum absolute atomic E-state index is 12.8. The number of thiazole rings is 1. The van der Waals surface area contributed by atoms with Gasteiger partial charge in [-0.3, -0.25) is 38.5 Å². The third-order valence-corrected chi connectivity index (χ3v) is 32.5. The molecule has 2 unspecified atom stereocenters.